The van der Waals surface area contributed by atoms with E-state index < -0.39 is 0 Å². The first-order valence-electron chi connectivity index (χ1n) is 7.09. The van der Waals surface area contributed by atoms with Crippen molar-refractivity contribution in [1.82, 2.24) is 9.55 Å². The van der Waals surface area contributed by atoms with Gasteiger partial charge in [-0.1, -0.05) is 18.6 Å². The third-order valence-electron chi connectivity index (χ3n) is 3.84. The molecule has 2 aromatic rings. The van der Waals surface area contributed by atoms with Gasteiger partial charge >= 0.3 is 0 Å². The van der Waals surface area contributed by atoms with Crippen molar-refractivity contribution in [1.29, 1.82) is 5.26 Å². The van der Waals surface area contributed by atoms with Gasteiger partial charge in [-0.2, -0.15) is 5.26 Å². The van der Waals surface area contributed by atoms with Crippen molar-refractivity contribution in [2.75, 3.05) is 0 Å². The summed E-state index contributed by atoms with van der Waals surface area (Å²) < 4.78 is 2.10. The van der Waals surface area contributed by atoms with E-state index in [1.54, 1.807) is 0 Å². The zero-order valence-electron chi connectivity index (χ0n) is 11.4. The number of nitrogens with zero attached hydrogens (tertiary/aromatic N) is 3. The second-order valence-electron chi connectivity index (χ2n) is 5.17. The fourth-order valence-electron chi connectivity index (χ4n) is 2.85. The maximum atomic E-state index is 8.92. The first kappa shape index (κ1) is 12.7. The summed E-state index contributed by atoms with van der Waals surface area (Å²) in [6.07, 6.45) is 11.8. The van der Waals surface area contributed by atoms with Gasteiger partial charge in [-0.15, -0.1) is 0 Å². The van der Waals surface area contributed by atoms with Gasteiger partial charge < -0.3 is 4.57 Å². The highest BCUT2D eigenvalue weighted by Gasteiger charge is 2.14. The molecule has 0 atom stereocenters. The molecule has 1 aliphatic carbocycles. The summed E-state index contributed by atoms with van der Waals surface area (Å²) in [5, 5.41) is 8.92. The van der Waals surface area contributed by atoms with E-state index in [0.717, 1.165) is 12.8 Å². The number of hydrogen-bond acceptors (Lipinski definition) is 2. The van der Waals surface area contributed by atoms with Crippen LogP contribution in [0.25, 0.3) is 5.70 Å². The van der Waals surface area contributed by atoms with Gasteiger partial charge in [0, 0.05) is 12.4 Å². The topological polar surface area (TPSA) is 41.6 Å². The fraction of sp³-hybridized carbons (Fsp3) is 0.294. The zero-order chi connectivity index (χ0) is 13.8. The SMILES string of the molecule is N#Cc1ccc(C(=C2CCCCC2)n2ccnc2)cc1. The maximum Gasteiger partial charge on any atom is 0.0991 e. The van der Waals surface area contributed by atoms with Crippen LogP contribution in [0.4, 0.5) is 0 Å². The second-order valence-corrected chi connectivity index (χ2v) is 5.17. The molecule has 1 aromatic carbocycles. The smallest absolute Gasteiger partial charge is 0.0991 e. The highest BCUT2D eigenvalue weighted by molar-refractivity contribution is 5.69. The van der Waals surface area contributed by atoms with Crippen molar-refractivity contribution in [3.8, 4) is 6.07 Å². The van der Waals surface area contributed by atoms with Gasteiger partial charge in [0.05, 0.1) is 23.7 Å². The zero-order valence-corrected chi connectivity index (χ0v) is 11.4. The summed E-state index contributed by atoms with van der Waals surface area (Å²) in [5.41, 5.74) is 4.61. The van der Waals surface area contributed by atoms with E-state index in [0.29, 0.717) is 5.56 Å². The standard InChI is InChI=1S/C17H17N3/c18-12-14-6-8-16(9-7-14)17(20-11-10-19-13-20)15-4-2-1-3-5-15/h6-11,13H,1-5H2. The number of benzene rings is 1. The molecular formula is C17H17N3. The summed E-state index contributed by atoms with van der Waals surface area (Å²) >= 11 is 0. The molecule has 1 heterocycles. The Balaban J connectivity index is 2.07. The largest absolute Gasteiger partial charge is 0.306 e. The number of allylic oxidation sites excluding steroid dienone is 1. The van der Waals surface area contributed by atoms with Crippen molar-refractivity contribution in [3.63, 3.8) is 0 Å². The normalized spacial score (nSPS) is 14.8. The number of aromatic nitrogens is 2. The Bertz CT molecular complexity index is 635. The highest BCUT2D eigenvalue weighted by atomic mass is 15.0. The van der Waals surface area contributed by atoms with E-state index in [-0.39, 0.29) is 0 Å². The lowest BCUT2D eigenvalue weighted by Crippen LogP contribution is -2.04. The lowest BCUT2D eigenvalue weighted by molar-refractivity contribution is 0.598. The highest BCUT2D eigenvalue weighted by Crippen LogP contribution is 2.31. The number of imidazole rings is 1. The molecule has 3 heteroatoms. The Labute approximate surface area is 119 Å². The molecule has 0 saturated heterocycles. The summed E-state index contributed by atoms with van der Waals surface area (Å²) in [7, 11) is 0. The van der Waals surface area contributed by atoms with Crippen molar-refractivity contribution >= 4 is 5.70 Å². The first-order valence-corrected chi connectivity index (χ1v) is 7.09. The lowest BCUT2D eigenvalue weighted by Gasteiger charge is -2.20. The van der Waals surface area contributed by atoms with Crippen LogP contribution in [-0.2, 0) is 0 Å². The molecule has 1 fully saturated rings. The van der Waals surface area contributed by atoms with E-state index in [1.165, 1.54) is 36.1 Å². The van der Waals surface area contributed by atoms with Crippen molar-refractivity contribution in [2.24, 2.45) is 0 Å². The lowest BCUT2D eigenvalue weighted by atomic mass is 9.91. The van der Waals surface area contributed by atoms with Crippen LogP contribution in [0.5, 0.6) is 0 Å². The Morgan fingerprint density at radius 3 is 2.45 bits per heavy atom. The average molecular weight is 263 g/mol. The first-order chi connectivity index (χ1) is 9.88. The molecule has 1 aromatic heterocycles. The van der Waals surface area contributed by atoms with Crippen LogP contribution in [0.2, 0.25) is 0 Å². The van der Waals surface area contributed by atoms with Crippen molar-refractivity contribution < 1.29 is 0 Å². The third-order valence-corrected chi connectivity index (χ3v) is 3.84. The minimum absolute atomic E-state index is 0.701. The predicted octanol–water partition coefficient (Wildman–Crippen LogP) is 3.98. The van der Waals surface area contributed by atoms with Gasteiger partial charge in [-0.3, -0.25) is 0 Å². The van der Waals surface area contributed by atoms with Gasteiger partial charge in [0.1, 0.15) is 0 Å². The van der Waals surface area contributed by atoms with Crippen LogP contribution in [0.3, 0.4) is 0 Å². The average Bonchev–Trinajstić information content (AvgIpc) is 3.03. The van der Waals surface area contributed by atoms with Crippen LogP contribution >= 0.6 is 0 Å². The summed E-state index contributed by atoms with van der Waals surface area (Å²) in [6.45, 7) is 0. The minimum Gasteiger partial charge on any atom is -0.306 e. The van der Waals surface area contributed by atoms with E-state index >= 15 is 0 Å². The van der Waals surface area contributed by atoms with Gasteiger partial charge in [0.2, 0.25) is 0 Å². The Hall–Kier alpha value is -2.34. The van der Waals surface area contributed by atoms with E-state index in [9.17, 15) is 0 Å². The van der Waals surface area contributed by atoms with Gasteiger partial charge in [-0.05, 0) is 49.0 Å². The molecule has 0 unspecified atom stereocenters. The molecule has 3 rings (SSSR count). The number of nitriles is 1. The van der Waals surface area contributed by atoms with Gasteiger partial charge in [0.15, 0.2) is 0 Å². The number of hydrogen-bond donors (Lipinski definition) is 0. The summed E-state index contributed by atoms with van der Waals surface area (Å²) in [4.78, 5) is 4.17. The van der Waals surface area contributed by atoms with E-state index in [4.69, 9.17) is 5.26 Å². The van der Waals surface area contributed by atoms with Crippen LogP contribution in [0.1, 0.15) is 43.2 Å². The van der Waals surface area contributed by atoms with Crippen LogP contribution in [0.15, 0.2) is 48.6 Å². The monoisotopic (exact) mass is 263 g/mol. The predicted molar refractivity (Wildman–Crippen MR) is 78.8 cm³/mol. The molecule has 0 spiro atoms. The van der Waals surface area contributed by atoms with Crippen molar-refractivity contribution in [2.45, 2.75) is 32.1 Å². The molecule has 3 nitrogen and oxygen atoms in total. The van der Waals surface area contributed by atoms with E-state index in [1.807, 2.05) is 43.0 Å². The Morgan fingerprint density at radius 1 is 1.10 bits per heavy atom. The molecule has 0 aliphatic heterocycles. The fourth-order valence-corrected chi connectivity index (χ4v) is 2.85. The van der Waals surface area contributed by atoms with Gasteiger partial charge in [-0.25, -0.2) is 4.98 Å². The van der Waals surface area contributed by atoms with Gasteiger partial charge in [0.25, 0.3) is 0 Å². The molecule has 100 valence electrons. The van der Waals surface area contributed by atoms with Crippen LogP contribution in [0, 0.1) is 11.3 Å². The van der Waals surface area contributed by atoms with Crippen molar-refractivity contribution in [3.05, 3.63) is 59.7 Å². The second kappa shape index (κ2) is 5.75. The van der Waals surface area contributed by atoms with Crippen LogP contribution in [-0.4, -0.2) is 9.55 Å². The molecule has 0 radical (unpaired) electrons. The quantitative estimate of drug-likeness (QED) is 0.822. The molecule has 0 bridgehead atoms. The molecule has 20 heavy (non-hydrogen) atoms. The molecule has 0 N–H and O–H groups in total. The molecular weight excluding hydrogens is 246 g/mol. The summed E-state index contributed by atoms with van der Waals surface area (Å²) in [6, 6.07) is 10.0. The Morgan fingerprint density at radius 2 is 1.85 bits per heavy atom. The molecule has 1 saturated carbocycles. The van der Waals surface area contributed by atoms with Crippen LogP contribution < -0.4 is 0 Å². The minimum atomic E-state index is 0.701. The number of rotatable bonds is 2. The summed E-state index contributed by atoms with van der Waals surface area (Å²) in [5.74, 6) is 0. The molecule has 0 amide bonds. The maximum absolute atomic E-state index is 8.92. The third kappa shape index (κ3) is 2.50. The Kier molecular flexibility index (Phi) is 3.64. The van der Waals surface area contributed by atoms with E-state index in [2.05, 4.69) is 15.6 Å². The molecule has 1 aliphatic rings.